The molecule has 0 heterocycles. The maximum atomic E-state index is 11.4. The summed E-state index contributed by atoms with van der Waals surface area (Å²) >= 11 is 0. The van der Waals surface area contributed by atoms with Crippen LogP contribution < -0.4 is 11.1 Å². The molecule has 0 radical (unpaired) electrons. The zero-order valence-electron chi connectivity index (χ0n) is 9.67. The third-order valence-electron chi connectivity index (χ3n) is 2.17. The second-order valence-corrected chi connectivity index (χ2v) is 3.72. The fourth-order valence-corrected chi connectivity index (χ4v) is 1.15. The van der Waals surface area contributed by atoms with E-state index in [1.165, 1.54) is 0 Å². The van der Waals surface area contributed by atoms with Crippen LogP contribution in [0.25, 0.3) is 0 Å². The molecule has 0 aliphatic carbocycles. The van der Waals surface area contributed by atoms with Gasteiger partial charge in [-0.2, -0.15) is 0 Å². The summed E-state index contributed by atoms with van der Waals surface area (Å²) in [5.41, 5.74) is 5.42. The molecule has 0 bridgehead atoms. The molecule has 8 nitrogen and oxygen atoms in total. The number of nitrogens with one attached hydrogen (secondary N) is 1. The molecule has 0 aliphatic rings. The summed E-state index contributed by atoms with van der Waals surface area (Å²) in [5.74, 6) is -2.82. The molecule has 0 fully saturated rings. The number of carboxylic acid groups (broad SMARTS) is 2. The predicted octanol–water partition coefficient (Wildman–Crippen LogP) is -1.27. The van der Waals surface area contributed by atoms with E-state index in [-0.39, 0.29) is 25.7 Å². The summed E-state index contributed by atoms with van der Waals surface area (Å²) in [6.07, 6.45) is -0.170. The smallest absolute Gasteiger partial charge is 0.303 e. The number of nitrogens with two attached hydrogens (primary N) is 1. The highest BCUT2D eigenvalue weighted by Gasteiger charge is 2.19. The van der Waals surface area contributed by atoms with Gasteiger partial charge in [-0.05, 0) is 12.8 Å². The van der Waals surface area contributed by atoms with Gasteiger partial charge in [-0.15, -0.1) is 0 Å². The Labute approximate surface area is 103 Å². The van der Waals surface area contributed by atoms with E-state index >= 15 is 0 Å². The minimum Gasteiger partial charge on any atom is -0.481 e. The molecule has 0 saturated heterocycles. The van der Waals surface area contributed by atoms with E-state index in [1.807, 2.05) is 0 Å². The molecule has 0 aromatic carbocycles. The summed E-state index contributed by atoms with van der Waals surface area (Å²) in [4.78, 5) is 42.6. The van der Waals surface area contributed by atoms with E-state index < -0.39 is 29.9 Å². The molecule has 0 saturated carbocycles. The molecule has 0 aromatic rings. The Balaban J connectivity index is 4.12. The van der Waals surface area contributed by atoms with Crippen LogP contribution in [0, 0.1) is 0 Å². The third-order valence-corrected chi connectivity index (χ3v) is 2.17. The standard InChI is InChI=1S/C10H16N2O6/c11-7(2-4-9(16)17)10(18)12-6(5-13)1-3-8(14)15/h5-7H,1-4,11H2,(H,12,18)(H,14,15)(H,16,17)/t6-,7?/m1/s1. The fourth-order valence-electron chi connectivity index (χ4n) is 1.15. The quantitative estimate of drug-likeness (QED) is 0.378. The number of rotatable bonds is 9. The van der Waals surface area contributed by atoms with Gasteiger partial charge in [0.15, 0.2) is 0 Å². The minimum atomic E-state index is -1.08. The van der Waals surface area contributed by atoms with Gasteiger partial charge in [-0.1, -0.05) is 0 Å². The van der Waals surface area contributed by atoms with Crippen LogP contribution in [0.1, 0.15) is 25.7 Å². The van der Waals surface area contributed by atoms with Crippen LogP contribution in [-0.2, 0) is 19.2 Å². The first-order chi connectivity index (χ1) is 8.36. The average Bonchev–Trinajstić information content (AvgIpc) is 2.30. The summed E-state index contributed by atoms with van der Waals surface area (Å²) in [6.45, 7) is 0. The van der Waals surface area contributed by atoms with Gasteiger partial charge in [-0.25, -0.2) is 0 Å². The van der Waals surface area contributed by atoms with Crippen molar-refractivity contribution in [1.29, 1.82) is 0 Å². The highest BCUT2D eigenvalue weighted by molar-refractivity contribution is 5.84. The van der Waals surface area contributed by atoms with E-state index in [1.54, 1.807) is 0 Å². The Bertz CT molecular complexity index is 330. The van der Waals surface area contributed by atoms with Crippen LogP contribution in [0.2, 0.25) is 0 Å². The van der Waals surface area contributed by atoms with Crippen molar-refractivity contribution < 1.29 is 29.4 Å². The van der Waals surface area contributed by atoms with E-state index in [4.69, 9.17) is 15.9 Å². The van der Waals surface area contributed by atoms with Gasteiger partial charge in [0.25, 0.3) is 0 Å². The third kappa shape index (κ3) is 7.34. The van der Waals surface area contributed by atoms with E-state index in [0.717, 1.165) is 0 Å². The predicted molar refractivity (Wildman–Crippen MR) is 59.7 cm³/mol. The molecule has 0 rings (SSSR count). The Kier molecular flexibility index (Phi) is 7.29. The Hall–Kier alpha value is -1.96. The van der Waals surface area contributed by atoms with Crippen molar-refractivity contribution in [2.45, 2.75) is 37.8 Å². The van der Waals surface area contributed by atoms with Crippen LogP contribution in [0.3, 0.4) is 0 Å². The van der Waals surface area contributed by atoms with E-state index in [2.05, 4.69) is 5.32 Å². The largest absolute Gasteiger partial charge is 0.481 e. The molecule has 1 unspecified atom stereocenters. The molecule has 0 aliphatic heterocycles. The van der Waals surface area contributed by atoms with Gasteiger partial charge in [0.2, 0.25) is 5.91 Å². The molecule has 102 valence electrons. The fraction of sp³-hybridized carbons (Fsp3) is 0.600. The van der Waals surface area contributed by atoms with Gasteiger partial charge < -0.3 is 26.1 Å². The lowest BCUT2D eigenvalue weighted by Crippen LogP contribution is -2.46. The summed E-state index contributed by atoms with van der Waals surface area (Å²) < 4.78 is 0. The lowest BCUT2D eigenvalue weighted by Gasteiger charge is -2.15. The van der Waals surface area contributed by atoms with Gasteiger partial charge in [0.1, 0.15) is 6.29 Å². The number of aldehydes is 1. The number of hydrogen-bond donors (Lipinski definition) is 4. The first-order valence-electron chi connectivity index (χ1n) is 5.31. The number of carbonyl (C=O) groups excluding carboxylic acids is 2. The monoisotopic (exact) mass is 260 g/mol. The van der Waals surface area contributed by atoms with Crippen LogP contribution >= 0.6 is 0 Å². The van der Waals surface area contributed by atoms with Crippen LogP contribution in [0.15, 0.2) is 0 Å². The van der Waals surface area contributed by atoms with Crippen molar-refractivity contribution in [2.75, 3.05) is 0 Å². The summed E-state index contributed by atoms with van der Waals surface area (Å²) in [6, 6.07) is -1.96. The molecule has 8 heteroatoms. The molecule has 18 heavy (non-hydrogen) atoms. The van der Waals surface area contributed by atoms with Crippen molar-refractivity contribution in [3.05, 3.63) is 0 Å². The zero-order valence-corrected chi connectivity index (χ0v) is 9.67. The molecular weight excluding hydrogens is 244 g/mol. The Morgan fingerprint density at radius 2 is 1.61 bits per heavy atom. The first kappa shape index (κ1) is 16.0. The van der Waals surface area contributed by atoms with Gasteiger partial charge in [0, 0.05) is 12.8 Å². The van der Waals surface area contributed by atoms with Crippen molar-refractivity contribution in [3.63, 3.8) is 0 Å². The highest BCUT2D eigenvalue weighted by atomic mass is 16.4. The normalized spacial score (nSPS) is 13.4. The summed E-state index contributed by atoms with van der Waals surface area (Å²) in [5, 5.41) is 19.1. The molecule has 1 amide bonds. The van der Waals surface area contributed by atoms with Crippen molar-refractivity contribution in [1.82, 2.24) is 5.32 Å². The maximum Gasteiger partial charge on any atom is 0.303 e. The lowest BCUT2D eigenvalue weighted by atomic mass is 10.1. The number of hydrogen-bond acceptors (Lipinski definition) is 5. The first-order valence-corrected chi connectivity index (χ1v) is 5.31. The number of aliphatic carboxylic acids is 2. The topological polar surface area (TPSA) is 147 Å². The molecule has 0 spiro atoms. The second-order valence-electron chi connectivity index (χ2n) is 3.72. The van der Waals surface area contributed by atoms with E-state index in [0.29, 0.717) is 6.29 Å². The van der Waals surface area contributed by atoms with Crippen molar-refractivity contribution in [3.8, 4) is 0 Å². The van der Waals surface area contributed by atoms with Crippen LogP contribution in [0.5, 0.6) is 0 Å². The SMILES string of the molecule is NC(CCC(=O)O)C(=O)N[C@@H](C=O)CCC(=O)O. The van der Waals surface area contributed by atoms with E-state index in [9.17, 15) is 19.2 Å². The molecule has 0 aromatic heterocycles. The van der Waals surface area contributed by atoms with Crippen molar-refractivity contribution in [2.24, 2.45) is 5.73 Å². The molecule has 5 N–H and O–H groups in total. The Morgan fingerprint density at radius 1 is 1.11 bits per heavy atom. The number of carbonyl (C=O) groups is 4. The number of amides is 1. The maximum absolute atomic E-state index is 11.4. The lowest BCUT2D eigenvalue weighted by molar-refractivity contribution is -0.138. The van der Waals surface area contributed by atoms with Crippen LogP contribution in [-0.4, -0.2) is 46.4 Å². The van der Waals surface area contributed by atoms with Gasteiger partial charge in [-0.3, -0.25) is 14.4 Å². The van der Waals surface area contributed by atoms with Gasteiger partial charge >= 0.3 is 11.9 Å². The average molecular weight is 260 g/mol. The summed E-state index contributed by atoms with van der Waals surface area (Å²) in [7, 11) is 0. The minimum absolute atomic E-state index is 0.0315. The Morgan fingerprint density at radius 3 is 2.06 bits per heavy atom. The molecule has 2 atom stereocenters. The number of carboxylic acids is 2. The second kappa shape index (κ2) is 8.18. The zero-order chi connectivity index (χ0) is 14.1. The van der Waals surface area contributed by atoms with Gasteiger partial charge in [0.05, 0.1) is 12.1 Å². The van der Waals surface area contributed by atoms with Crippen LogP contribution in [0.4, 0.5) is 0 Å². The molecular formula is C10H16N2O6. The van der Waals surface area contributed by atoms with Crippen molar-refractivity contribution >= 4 is 24.1 Å². The highest BCUT2D eigenvalue weighted by Crippen LogP contribution is 1.99.